The molecule has 5 nitrogen and oxygen atoms in total. The second-order valence-corrected chi connectivity index (χ2v) is 6.07. The minimum atomic E-state index is -1.50. The molecule has 3 aliphatic rings. The first-order valence-corrected chi connectivity index (χ1v) is 7.60. The largest absolute Gasteiger partial charge is 0.329 e. The second kappa shape index (κ2) is 5.26. The molecule has 3 amide bonds. The third-order valence-corrected chi connectivity index (χ3v) is 4.69. The summed E-state index contributed by atoms with van der Waals surface area (Å²) in [7, 11) is 0. The Morgan fingerprint density at radius 2 is 2.27 bits per heavy atom. The Morgan fingerprint density at radius 1 is 1.55 bits per heavy atom. The van der Waals surface area contributed by atoms with Crippen LogP contribution in [0.5, 0.6) is 0 Å². The molecule has 2 saturated heterocycles. The van der Waals surface area contributed by atoms with E-state index in [9.17, 15) is 14.0 Å². The van der Waals surface area contributed by atoms with Crippen LogP contribution in [0.3, 0.4) is 0 Å². The van der Waals surface area contributed by atoms with Gasteiger partial charge in [0.05, 0.1) is 6.04 Å². The molecule has 1 saturated carbocycles. The molecule has 0 spiro atoms. The summed E-state index contributed by atoms with van der Waals surface area (Å²) in [6, 6.07) is 5.17. The summed E-state index contributed by atoms with van der Waals surface area (Å²) in [5.41, 5.74) is 2.84. The predicted molar refractivity (Wildman–Crippen MR) is 81.2 cm³/mol. The molecule has 1 unspecified atom stereocenters. The maximum Gasteiger partial charge on any atom is 0.320 e. The highest BCUT2D eigenvalue weighted by molar-refractivity contribution is 5.78. The van der Waals surface area contributed by atoms with Crippen LogP contribution in [-0.4, -0.2) is 29.2 Å². The van der Waals surface area contributed by atoms with Gasteiger partial charge in [0.25, 0.3) is 0 Å². The lowest BCUT2D eigenvalue weighted by molar-refractivity contribution is -0.105. The number of benzene rings is 1. The Bertz CT molecular complexity index is 613. The topological polar surface area (TPSA) is 61.4 Å². The fourth-order valence-electron chi connectivity index (χ4n) is 3.53. The lowest BCUT2D eigenvalue weighted by Crippen LogP contribution is -2.71. The van der Waals surface area contributed by atoms with Crippen LogP contribution in [0.2, 0.25) is 0 Å². The van der Waals surface area contributed by atoms with Crippen molar-refractivity contribution in [3.8, 4) is 0 Å². The van der Waals surface area contributed by atoms with Crippen LogP contribution in [0.1, 0.15) is 43.9 Å². The first-order chi connectivity index (χ1) is 10.5. The van der Waals surface area contributed by atoms with E-state index in [4.69, 9.17) is 0 Å². The van der Waals surface area contributed by atoms with Crippen molar-refractivity contribution < 1.29 is 14.0 Å². The summed E-state index contributed by atoms with van der Waals surface area (Å²) in [6.45, 7) is 3.99. The molecule has 1 aliphatic carbocycles. The van der Waals surface area contributed by atoms with Gasteiger partial charge in [-0.3, -0.25) is 4.79 Å². The van der Waals surface area contributed by atoms with Gasteiger partial charge in [-0.1, -0.05) is 13.0 Å². The van der Waals surface area contributed by atoms with Gasteiger partial charge in [-0.2, -0.15) is 0 Å². The van der Waals surface area contributed by atoms with Gasteiger partial charge in [0.2, 0.25) is 6.41 Å². The van der Waals surface area contributed by atoms with E-state index in [1.165, 1.54) is 0 Å². The Morgan fingerprint density at radius 3 is 2.86 bits per heavy atom. The Labute approximate surface area is 128 Å². The zero-order valence-electron chi connectivity index (χ0n) is 12.7. The number of amides is 3. The molecule has 0 radical (unpaired) electrons. The van der Waals surface area contributed by atoms with E-state index in [1.807, 2.05) is 32.0 Å². The van der Waals surface area contributed by atoms with Crippen LogP contribution < -0.4 is 10.6 Å². The molecule has 2 aliphatic heterocycles. The molecule has 22 heavy (non-hydrogen) atoms. The Hall–Kier alpha value is -2.11. The molecule has 2 bridgehead atoms. The molecule has 2 N–H and O–H groups in total. The summed E-state index contributed by atoms with van der Waals surface area (Å²) < 4.78 is 13.9. The quantitative estimate of drug-likeness (QED) is 0.649. The van der Waals surface area contributed by atoms with Gasteiger partial charge in [-0.15, -0.1) is 0 Å². The van der Waals surface area contributed by atoms with E-state index >= 15 is 0 Å². The molecule has 0 aromatic heterocycles. The maximum absolute atomic E-state index is 13.9. The number of rotatable bonds is 5. The van der Waals surface area contributed by atoms with Crippen molar-refractivity contribution >= 4 is 18.1 Å². The number of anilines is 1. The van der Waals surface area contributed by atoms with Crippen molar-refractivity contribution in [2.75, 3.05) is 5.32 Å². The lowest BCUT2D eigenvalue weighted by atomic mass is 9.79. The SMILES string of the molecule is CCc1cc(NC=O)ccc1C(C)N1C(=O)NC2(F)CC1C2. The standard InChI is InChI=1S/C16H20FN3O2/c1-3-11-6-12(18-9-21)4-5-14(11)10(2)20-13-7-16(17,8-13)19-15(20)22/h4-6,9-10,13H,3,7-8H2,1-2H3,(H,18,21)(H,19,22). The lowest BCUT2D eigenvalue weighted by Gasteiger charge is -2.54. The highest BCUT2D eigenvalue weighted by atomic mass is 19.1. The monoisotopic (exact) mass is 305 g/mol. The molecule has 1 atom stereocenters. The van der Waals surface area contributed by atoms with Gasteiger partial charge >= 0.3 is 6.03 Å². The molecule has 2 heterocycles. The first kappa shape index (κ1) is 14.8. The van der Waals surface area contributed by atoms with E-state index in [2.05, 4.69) is 10.6 Å². The van der Waals surface area contributed by atoms with Crippen LogP contribution in [0, 0.1) is 0 Å². The number of hydrogen-bond donors (Lipinski definition) is 2. The number of urea groups is 1. The van der Waals surface area contributed by atoms with Gasteiger partial charge < -0.3 is 15.5 Å². The van der Waals surface area contributed by atoms with E-state index in [1.54, 1.807) is 4.90 Å². The highest BCUT2D eigenvalue weighted by Gasteiger charge is 2.56. The number of aryl methyl sites for hydroxylation is 1. The van der Waals surface area contributed by atoms with Crippen LogP contribution >= 0.6 is 0 Å². The molecule has 118 valence electrons. The van der Waals surface area contributed by atoms with Crippen molar-refractivity contribution in [1.82, 2.24) is 10.2 Å². The van der Waals surface area contributed by atoms with Gasteiger partial charge in [-0.05, 0) is 36.6 Å². The van der Waals surface area contributed by atoms with Gasteiger partial charge in [0, 0.05) is 24.6 Å². The molecular formula is C16H20FN3O2. The summed E-state index contributed by atoms with van der Waals surface area (Å²) in [5, 5.41) is 5.09. The number of fused-ring (bicyclic) bond motifs is 2. The average Bonchev–Trinajstić information content (AvgIpc) is 2.45. The zero-order valence-corrected chi connectivity index (χ0v) is 12.7. The van der Waals surface area contributed by atoms with Crippen LogP contribution in [0.15, 0.2) is 18.2 Å². The van der Waals surface area contributed by atoms with E-state index in [0.29, 0.717) is 19.3 Å². The normalized spacial score (nSPS) is 27.7. The third-order valence-electron chi connectivity index (χ3n) is 4.69. The van der Waals surface area contributed by atoms with Gasteiger partial charge in [-0.25, -0.2) is 9.18 Å². The van der Waals surface area contributed by atoms with E-state index < -0.39 is 5.79 Å². The van der Waals surface area contributed by atoms with E-state index in [0.717, 1.165) is 23.2 Å². The van der Waals surface area contributed by atoms with Crippen molar-refractivity contribution in [2.24, 2.45) is 0 Å². The number of nitrogens with one attached hydrogen (secondary N) is 2. The smallest absolute Gasteiger partial charge is 0.320 e. The Kier molecular flexibility index (Phi) is 3.54. The zero-order chi connectivity index (χ0) is 15.9. The van der Waals surface area contributed by atoms with Crippen molar-refractivity contribution in [3.05, 3.63) is 29.3 Å². The number of halogens is 1. The maximum atomic E-state index is 13.9. The predicted octanol–water partition coefficient (Wildman–Crippen LogP) is 2.73. The molecule has 4 rings (SSSR count). The Balaban J connectivity index is 1.87. The van der Waals surface area contributed by atoms with Crippen LogP contribution in [0.4, 0.5) is 14.9 Å². The highest BCUT2D eigenvalue weighted by Crippen LogP contribution is 2.44. The summed E-state index contributed by atoms with van der Waals surface area (Å²) in [4.78, 5) is 24.4. The second-order valence-electron chi connectivity index (χ2n) is 6.07. The molecule has 1 aromatic rings. The summed E-state index contributed by atoms with van der Waals surface area (Å²) in [5.74, 6) is -1.50. The van der Waals surface area contributed by atoms with E-state index in [-0.39, 0.29) is 18.1 Å². The summed E-state index contributed by atoms with van der Waals surface area (Å²) >= 11 is 0. The van der Waals surface area contributed by atoms with Crippen molar-refractivity contribution in [3.63, 3.8) is 0 Å². The van der Waals surface area contributed by atoms with Crippen molar-refractivity contribution in [1.29, 1.82) is 0 Å². The van der Waals surface area contributed by atoms with Crippen LogP contribution in [-0.2, 0) is 11.2 Å². The number of alkyl halides is 1. The molecular weight excluding hydrogens is 285 g/mol. The van der Waals surface area contributed by atoms with Gasteiger partial charge in [0.15, 0.2) is 5.79 Å². The number of nitrogens with zero attached hydrogens (tertiary/aromatic N) is 1. The van der Waals surface area contributed by atoms with Crippen LogP contribution in [0.25, 0.3) is 0 Å². The molecule has 1 aromatic carbocycles. The molecule has 3 fully saturated rings. The number of carbonyl (C=O) groups excluding carboxylic acids is 2. The number of carbonyl (C=O) groups is 2. The molecule has 6 heteroatoms. The first-order valence-electron chi connectivity index (χ1n) is 7.60. The fraction of sp³-hybridized carbons (Fsp3) is 0.500. The minimum Gasteiger partial charge on any atom is -0.329 e. The fourth-order valence-corrected chi connectivity index (χ4v) is 3.53. The number of hydrogen-bond acceptors (Lipinski definition) is 2. The van der Waals surface area contributed by atoms with Crippen molar-refractivity contribution in [2.45, 2.75) is 51.0 Å². The summed E-state index contributed by atoms with van der Waals surface area (Å²) in [6.07, 6.45) is 2.15. The minimum absolute atomic E-state index is 0.0359. The van der Waals surface area contributed by atoms with Gasteiger partial charge in [0.1, 0.15) is 0 Å². The average molecular weight is 305 g/mol. The third kappa shape index (κ3) is 2.32.